The summed E-state index contributed by atoms with van der Waals surface area (Å²) in [7, 11) is 6.08. The Hall–Kier alpha value is -1.06. The molecule has 1 aliphatic rings. The molecule has 0 saturated carbocycles. The van der Waals surface area contributed by atoms with E-state index in [4.69, 9.17) is 4.74 Å². The van der Waals surface area contributed by atoms with Crippen LogP contribution in [0.4, 0.5) is 0 Å². The number of benzene rings is 1. The van der Waals surface area contributed by atoms with Gasteiger partial charge in [0.25, 0.3) is 0 Å². The first-order valence-corrected chi connectivity index (χ1v) is 7.09. The van der Waals surface area contributed by atoms with Crippen LogP contribution < -0.4 is 10.1 Å². The Balaban J connectivity index is 2.46. The van der Waals surface area contributed by atoms with Gasteiger partial charge in [-0.3, -0.25) is 0 Å². The minimum atomic E-state index is 0.371. The van der Waals surface area contributed by atoms with Gasteiger partial charge < -0.3 is 15.0 Å². The second kappa shape index (κ2) is 5.93. The Morgan fingerprint density at radius 3 is 2.58 bits per heavy atom. The number of likely N-dealkylation sites (N-methyl/N-ethyl adjacent to an activating group) is 1. The van der Waals surface area contributed by atoms with Crippen LogP contribution in [0.1, 0.15) is 35.6 Å². The first-order valence-electron chi connectivity index (χ1n) is 7.09. The molecular weight excluding hydrogens is 236 g/mol. The summed E-state index contributed by atoms with van der Waals surface area (Å²) in [5, 5.41) is 3.63. The Morgan fingerprint density at radius 1 is 1.32 bits per heavy atom. The van der Waals surface area contributed by atoms with Gasteiger partial charge >= 0.3 is 0 Å². The monoisotopic (exact) mass is 262 g/mol. The number of rotatable bonds is 4. The van der Waals surface area contributed by atoms with Crippen LogP contribution in [0.15, 0.2) is 12.1 Å². The van der Waals surface area contributed by atoms with E-state index in [0.29, 0.717) is 12.1 Å². The minimum Gasteiger partial charge on any atom is -0.496 e. The van der Waals surface area contributed by atoms with Crippen molar-refractivity contribution in [2.24, 2.45) is 0 Å². The van der Waals surface area contributed by atoms with Crippen molar-refractivity contribution < 1.29 is 4.74 Å². The molecule has 0 aromatic heterocycles. The van der Waals surface area contributed by atoms with Gasteiger partial charge in [-0.15, -0.1) is 0 Å². The highest BCUT2D eigenvalue weighted by atomic mass is 16.5. The fourth-order valence-electron chi connectivity index (χ4n) is 3.32. The number of nitrogens with zero attached hydrogens (tertiary/aromatic N) is 1. The third kappa shape index (κ3) is 2.93. The van der Waals surface area contributed by atoms with Crippen LogP contribution >= 0.6 is 0 Å². The van der Waals surface area contributed by atoms with Crippen molar-refractivity contribution in [1.82, 2.24) is 10.2 Å². The molecule has 1 fully saturated rings. The predicted octanol–water partition coefficient (Wildman–Crippen LogP) is 2.67. The van der Waals surface area contributed by atoms with Crippen LogP contribution in [0.2, 0.25) is 0 Å². The van der Waals surface area contributed by atoms with Gasteiger partial charge in [0.2, 0.25) is 0 Å². The standard InChI is InChI=1S/C16H26N2O/c1-11-9-12(2)16(19-5)13(10-11)15(18(3)4)14-7-6-8-17-14/h9-10,14-15,17H,6-8H2,1-5H3. The van der Waals surface area contributed by atoms with Crippen molar-refractivity contribution in [3.05, 3.63) is 28.8 Å². The zero-order valence-electron chi connectivity index (χ0n) is 12.8. The minimum absolute atomic E-state index is 0.371. The average Bonchev–Trinajstić information content (AvgIpc) is 2.81. The van der Waals surface area contributed by atoms with Crippen molar-refractivity contribution in [2.45, 2.75) is 38.8 Å². The predicted molar refractivity (Wildman–Crippen MR) is 79.9 cm³/mol. The highest BCUT2D eigenvalue weighted by molar-refractivity contribution is 5.46. The molecule has 1 N–H and O–H groups in total. The molecule has 2 atom stereocenters. The molecule has 1 aromatic carbocycles. The quantitative estimate of drug-likeness (QED) is 0.903. The molecular formula is C16H26N2O. The Kier molecular flexibility index (Phi) is 4.48. The number of methoxy groups -OCH3 is 1. The maximum absolute atomic E-state index is 5.67. The summed E-state index contributed by atoms with van der Waals surface area (Å²) < 4.78 is 5.67. The fraction of sp³-hybridized carbons (Fsp3) is 0.625. The normalized spacial score (nSPS) is 20.8. The van der Waals surface area contributed by atoms with Crippen LogP contribution in [0.25, 0.3) is 0 Å². The third-order valence-electron chi connectivity index (χ3n) is 4.01. The molecule has 0 spiro atoms. The molecule has 3 nitrogen and oxygen atoms in total. The smallest absolute Gasteiger partial charge is 0.126 e. The summed E-state index contributed by atoms with van der Waals surface area (Å²) in [5.74, 6) is 1.04. The Labute approximate surface area is 116 Å². The van der Waals surface area contributed by atoms with E-state index in [9.17, 15) is 0 Å². The van der Waals surface area contributed by atoms with E-state index in [-0.39, 0.29) is 0 Å². The molecule has 2 unspecified atom stereocenters. The number of nitrogens with one attached hydrogen (secondary N) is 1. The van der Waals surface area contributed by atoms with Gasteiger partial charge in [0.05, 0.1) is 13.2 Å². The largest absolute Gasteiger partial charge is 0.496 e. The van der Waals surface area contributed by atoms with Crippen molar-refractivity contribution >= 4 is 0 Å². The molecule has 1 aliphatic heterocycles. The van der Waals surface area contributed by atoms with Gasteiger partial charge in [0.15, 0.2) is 0 Å². The summed E-state index contributed by atoms with van der Waals surface area (Å²) in [6.07, 6.45) is 2.50. The van der Waals surface area contributed by atoms with Gasteiger partial charge in [0.1, 0.15) is 5.75 Å². The zero-order valence-corrected chi connectivity index (χ0v) is 12.8. The van der Waals surface area contributed by atoms with Gasteiger partial charge in [-0.05, 0) is 52.9 Å². The van der Waals surface area contributed by atoms with Crippen molar-refractivity contribution in [2.75, 3.05) is 27.7 Å². The molecule has 3 heteroatoms. The maximum Gasteiger partial charge on any atom is 0.126 e. The molecule has 0 aliphatic carbocycles. The Morgan fingerprint density at radius 2 is 2.05 bits per heavy atom. The zero-order chi connectivity index (χ0) is 14.0. The van der Waals surface area contributed by atoms with E-state index in [2.05, 4.69) is 50.3 Å². The third-order valence-corrected chi connectivity index (χ3v) is 4.01. The van der Waals surface area contributed by atoms with Crippen LogP contribution in [0.3, 0.4) is 0 Å². The molecule has 19 heavy (non-hydrogen) atoms. The first-order chi connectivity index (χ1) is 9.04. The van der Waals surface area contributed by atoms with E-state index < -0.39 is 0 Å². The van der Waals surface area contributed by atoms with Crippen LogP contribution in [0, 0.1) is 13.8 Å². The molecule has 2 rings (SSSR count). The van der Waals surface area contributed by atoms with E-state index in [0.717, 1.165) is 12.3 Å². The molecule has 0 amide bonds. The molecule has 0 bridgehead atoms. The lowest BCUT2D eigenvalue weighted by atomic mass is 9.93. The van der Waals surface area contributed by atoms with Crippen LogP contribution in [0.5, 0.6) is 5.75 Å². The second-order valence-corrected chi connectivity index (χ2v) is 5.82. The highest BCUT2D eigenvalue weighted by Gasteiger charge is 2.30. The molecule has 106 valence electrons. The number of aryl methyl sites for hydroxylation is 2. The van der Waals surface area contributed by atoms with E-state index >= 15 is 0 Å². The van der Waals surface area contributed by atoms with Crippen molar-refractivity contribution in [3.63, 3.8) is 0 Å². The lowest BCUT2D eigenvalue weighted by Gasteiger charge is -2.32. The SMILES string of the molecule is COc1c(C)cc(C)cc1C(C1CCCN1)N(C)C. The van der Waals surface area contributed by atoms with Gasteiger partial charge in [-0.1, -0.05) is 17.7 Å². The van der Waals surface area contributed by atoms with Gasteiger partial charge in [-0.2, -0.15) is 0 Å². The van der Waals surface area contributed by atoms with E-state index in [1.165, 1.54) is 29.5 Å². The number of hydrogen-bond acceptors (Lipinski definition) is 3. The maximum atomic E-state index is 5.67. The topological polar surface area (TPSA) is 24.5 Å². The number of hydrogen-bond donors (Lipinski definition) is 1. The lowest BCUT2D eigenvalue weighted by Crippen LogP contribution is -2.37. The summed E-state index contributed by atoms with van der Waals surface area (Å²) >= 11 is 0. The molecule has 1 heterocycles. The van der Waals surface area contributed by atoms with E-state index in [1.54, 1.807) is 7.11 Å². The summed E-state index contributed by atoms with van der Waals surface area (Å²) in [4.78, 5) is 2.31. The Bertz CT molecular complexity index is 437. The molecule has 0 radical (unpaired) electrons. The van der Waals surface area contributed by atoms with Crippen molar-refractivity contribution in [1.29, 1.82) is 0 Å². The highest BCUT2D eigenvalue weighted by Crippen LogP contribution is 2.36. The van der Waals surface area contributed by atoms with E-state index in [1.807, 2.05) is 0 Å². The summed E-state index contributed by atoms with van der Waals surface area (Å²) in [6, 6.07) is 5.36. The van der Waals surface area contributed by atoms with Crippen molar-refractivity contribution in [3.8, 4) is 5.75 Å². The van der Waals surface area contributed by atoms with Crippen LogP contribution in [-0.4, -0.2) is 38.7 Å². The molecule has 1 aromatic rings. The lowest BCUT2D eigenvalue weighted by molar-refractivity contribution is 0.237. The van der Waals surface area contributed by atoms with Gasteiger partial charge in [-0.25, -0.2) is 0 Å². The van der Waals surface area contributed by atoms with Crippen LogP contribution in [-0.2, 0) is 0 Å². The second-order valence-electron chi connectivity index (χ2n) is 5.82. The molecule has 1 saturated heterocycles. The number of ether oxygens (including phenoxy) is 1. The van der Waals surface area contributed by atoms with Gasteiger partial charge in [0, 0.05) is 11.6 Å². The average molecular weight is 262 g/mol. The fourth-order valence-corrected chi connectivity index (χ4v) is 3.32. The first kappa shape index (κ1) is 14.4. The summed E-state index contributed by atoms with van der Waals surface area (Å²) in [5.41, 5.74) is 3.84. The summed E-state index contributed by atoms with van der Waals surface area (Å²) in [6.45, 7) is 5.41.